The molecular formula is C8H6N2O2. The fourth-order valence-corrected chi connectivity index (χ4v) is 0.747. The fraction of sp³-hybridized carbons (Fsp3) is 0.125. The van der Waals surface area contributed by atoms with E-state index in [0.717, 1.165) is 5.56 Å². The molecular weight excluding hydrogens is 156 g/mol. The largest absolute Gasteiger partial charge is 0.477 e. The van der Waals surface area contributed by atoms with Crippen molar-refractivity contribution >= 4 is 5.97 Å². The van der Waals surface area contributed by atoms with Crippen molar-refractivity contribution in [2.24, 2.45) is 0 Å². The molecule has 1 aromatic rings. The van der Waals surface area contributed by atoms with E-state index in [0.29, 0.717) is 0 Å². The van der Waals surface area contributed by atoms with Gasteiger partial charge in [-0.2, -0.15) is 5.26 Å². The van der Waals surface area contributed by atoms with Gasteiger partial charge in [-0.25, -0.2) is 9.78 Å². The van der Waals surface area contributed by atoms with E-state index in [9.17, 15) is 4.79 Å². The van der Waals surface area contributed by atoms with Gasteiger partial charge in [-0.05, 0) is 11.6 Å². The Hall–Kier alpha value is -1.89. The molecule has 1 heterocycles. The highest BCUT2D eigenvalue weighted by molar-refractivity contribution is 5.85. The summed E-state index contributed by atoms with van der Waals surface area (Å²) in [5, 5.41) is 16.8. The maximum Gasteiger partial charge on any atom is 0.354 e. The number of hydrogen-bond acceptors (Lipinski definition) is 3. The minimum Gasteiger partial charge on any atom is -0.477 e. The number of aromatic nitrogens is 1. The highest BCUT2D eigenvalue weighted by Gasteiger charge is 2.02. The minimum absolute atomic E-state index is 0.00307. The lowest BCUT2D eigenvalue weighted by Gasteiger charge is -1.94. The van der Waals surface area contributed by atoms with Gasteiger partial charge in [0.1, 0.15) is 5.69 Å². The molecule has 4 heteroatoms. The molecule has 0 aliphatic heterocycles. The Morgan fingerprint density at radius 1 is 1.67 bits per heavy atom. The van der Waals surface area contributed by atoms with Crippen LogP contribution in [0.5, 0.6) is 0 Å². The SMILES string of the molecule is N#CCc1ccc(C(=O)O)nc1. The van der Waals surface area contributed by atoms with E-state index in [4.69, 9.17) is 10.4 Å². The van der Waals surface area contributed by atoms with Gasteiger partial charge >= 0.3 is 5.97 Å². The normalized spacial score (nSPS) is 8.92. The van der Waals surface area contributed by atoms with Crippen LogP contribution in [0.4, 0.5) is 0 Å². The molecule has 0 aliphatic rings. The van der Waals surface area contributed by atoms with Crippen LogP contribution in [-0.4, -0.2) is 16.1 Å². The third-order valence-electron chi connectivity index (χ3n) is 1.33. The summed E-state index contributed by atoms with van der Waals surface area (Å²) in [5.41, 5.74) is 0.721. The van der Waals surface area contributed by atoms with Gasteiger partial charge in [0.2, 0.25) is 0 Å². The first-order valence-corrected chi connectivity index (χ1v) is 3.29. The first-order chi connectivity index (χ1) is 5.74. The number of hydrogen-bond donors (Lipinski definition) is 1. The Bertz CT molecular complexity index is 324. The average molecular weight is 162 g/mol. The van der Waals surface area contributed by atoms with Crippen molar-refractivity contribution in [3.63, 3.8) is 0 Å². The van der Waals surface area contributed by atoms with Crippen LogP contribution in [0.25, 0.3) is 0 Å². The van der Waals surface area contributed by atoms with Crippen molar-refractivity contribution in [3.8, 4) is 6.07 Å². The molecule has 0 bridgehead atoms. The third-order valence-corrected chi connectivity index (χ3v) is 1.33. The highest BCUT2D eigenvalue weighted by Crippen LogP contribution is 2.00. The van der Waals surface area contributed by atoms with Crippen molar-refractivity contribution in [2.45, 2.75) is 6.42 Å². The van der Waals surface area contributed by atoms with E-state index in [1.165, 1.54) is 12.3 Å². The van der Waals surface area contributed by atoms with Crippen molar-refractivity contribution in [2.75, 3.05) is 0 Å². The molecule has 0 aromatic carbocycles. The first-order valence-electron chi connectivity index (χ1n) is 3.29. The standard InChI is InChI=1S/C8H6N2O2/c9-4-3-6-1-2-7(8(11)12)10-5-6/h1-2,5H,3H2,(H,11,12). The predicted molar refractivity (Wildman–Crippen MR) is 40.5 cm³/mol. The molecule has 0 atom stereocenters. The summed E-state index contributed by atoms with van der Waals surface area (Å²) in [4.78, 5) is 14.0. The second-order valence-electron chi connectivity index (χ2n) is 2.19. The topological polar surface area (TPSA) is 74.0 Å². The third kappa shape index (κ3) is 1.80. The first kappa shape index (κ1) is 8.21. The summed E-state index contributed by atoms with van der Waals surface area (Å²) in [6.45, 7) is 0. The molecule has 0 saturated heterocycles. The zero-order valence-electron chi connectivity index (χ0n) is 6.19. The molecule has 60 valence electrons. The van der Waals surface area contributed by atoms with Gasteiger partial charge in [0.25, 0.3) is 0 Å². The lowest BCUT2D eigenvalue weighted by Crippen LogP contribution is -1.99. The van der Waals surface area contributed by atoms with Crippen LogP contribution in [0, 0.1) is 11.3 Å². The summed E-state index contributed by atoms with van der Waals surface area (Å²) in [5.74, 6) is -1.06. The molecule has 1 aromatic heterocycles. The van der Waals surface area contributed by atoms with Gasteiger partial charge in [-0.15, -0.1) is 0 Å². The van der Waals surface area contributed by atoms with Crippen LogP contribution >= 0.6 is 0 Å². The van der Waals surface area contributed by atoms with Crippen LogP contribution in [0.15, 0.2) is 18.3 Å². The Morgan fingerprint density at radius 2 is 2.42 bits per heavy atom. The summed E-state index contributed by atoms with van der Waals surface area (Å²) < 4.78 is 0. The van der Waals surface area contributed by atoms with Crippen LogP contribution in [-0.2, 0) is 6.42 Å². The molecule has 0 amide bonds. The maximum absolute atomic E-state index is 10.3. The van der Waals surface area contributed by atoms with Crippen LogP contribution in [0.2, 0.25) is 0 Å². The molecule has 12 heavy (non-hydrogen) atoms. The average Bonchev–Trinajstić information content (AvgIpc) is 2.06. The van der Waals surface area contributed by atoms with E-state index in [-0.39, 0.29) is 12.1 Å². The van der Waals surface area contributed by atoms with Gasteiger partial charge in [0.15, 0.2) is 0 Å². The Labute approximate surface area is 69.1 Å². The van der Waals surface area contributed by atoms with E-state index < -0.39 is 5.97 Å². The van der Waals surface area contributed by atoms with Gasteiger partial charge in [-0.3, -0.25) is 0 Å². The van der Waals surface area contributed by atoms with Gasteiger partial charge in [0.05, 0.1) is 12.5 Å². The van der Waals surface area contributed by atoms with Gasteiger partial charge in [-0.1, -0.05) is 6.07 Å². The molecule has 0 aliphatic carbocycles. The number of carboxylic acid groups (broad SMARTS) is 1. The van der Waals surface area contributed by atoms with Crippen molar-refractivity contribution < 1.29 is 9.90 Å². The zero-order valence-corrected chi connectivity index (χ0v) is 6.19. The summed E-state index contributed by atoms with van der Waals surface area (Å²) in [7, 11) is 0. The van der Waals surface area contributed by atoms with E-state index >= 15 is 0 Å². The van der Waals surface area contributed by atoms with E-state index in [1.54, 1.807) is 6.07 Å². The number of carbonyl (C=O) groups is 1. The molecule has 0 saturated carbocycles. The second kappa shape index (κ2) is 3.49. The number of carboxylic acids is 1. The summed E-state index contributed by atoms with van der Waals surface area (Å²) >= 11 is 0. The van der Waals surface area contributed by atoms with Crippen molar-refractivity contribution in [1.82, 2.24) is 4.98 Å². The second-order valence-corrected chi connectivity index (χ2v) is 2.19. The molecule has 4 nitrogen and oxygen atoms in total. The lowest BCUT2D eigenvalue weighted by atomic mass is 10.2. The number of aromatic carboxylic acids is 1. The zero-order chi connectivity index (χ0) is 8.97. The van der Waals surface area contributed by atoms with Gasteiger partial charge < -0.3 is 5.11 Å². The summed E-state index contributed by atoms with van der Waals surface area (Å²) in [6.07, 6.45) is 1.65. The molecule has 0 radical (unpaired) electrons. The Morgan fingerprint density at radius 3 is 2.83 bits per heavy atom. The molecule has 0 unspecified atom stereocenters. The number of pyridine rings is 1. The van der Waals surface area contributed by atoms with Crippen molar-refractivity contribution in [3.05, 3.63) is 29.6 Å². The molecule has 1 N–H and O–H groups in total. The Balaban J connectivity index is 2.87. The summed E-state index contributed by atoms with van der Waals surface area (Å²) in [6, 6.07) is 4.91. The monoisotopic (exact) mass is 162 g/mol. The maximum atomic E-state index is 10.3. The van der Waals surface area contributed by atoms with Crippen LogP contribution in [0.1, 0.15) is 16.1 Å². The number of rotatable bonds is 2. The molecule has 1 rings (SSSR count). The number of nitrogens with zero attached hydrogens (tertiary/aromatic N) is 2. The quantitative estimate of drug-likeness (QED) is 0.699. The van der Waals surface area contributed by atoms with Crippen LogP contribution < -0.4 is 0 Å². The molecule has 0 spiro atoms. The van der Waals surface area contributed by atoms with Gasteiger partial charge in [0, 0.05) is 6.20 Å². The lowest BCUT2D eigenvalue weighted by molar-refractivity contribution is 0.0690. The fourth-order valence-electron chi connectivity index (χ4n) is 0.747. The molecule has 0 fully saturated rings. The smallest absolute Gasteiger partial charge is 0.354 e. The van der Waals surface area contributed by atoms with Crippen LogP contribution in [0.3, 0.4) is 0 Å². The number of nitriles is 1. The Kier molecular flexibility index (Phi) is 2.38. The van der Waals surface area contributed by atoms with E-state index in [2.05, 4.69) is 4.98 Å². The van der Waals surface area contributed by atoms with Crippen molar-refractivity contribution in [1.29, 1.82) is 5.26 Å². The minimum atomic E-state index is -1.06. The predicted octanol–water partition coefficient (Wildman–Crippen LogP) is 0.846. The van der Waals surface area contributed by atoms with E-state index in [1.807, 2.05) is 6.07 Å². The highest BCUT2D eigenvalue weighted by atomic mass is 16.4.